The predicted octanol–water partition coefficient (Wildman–Crippen LogP) is 2.84. The van der Waals surface area contributed by atoms with E-state index in [0.717, 1.165) is 16.9 Å². The minimum absolute atomic E-state index is 0.136. The minimum Gasteiger partial charge on any atom is -0.493 e. The van der Waals surface area contributed by atoms with Crippen LogP contribution in [0.1, 0.15) is 11.3 Å². The highest BCUT2D eigenvalue weighted by atomic mass is 16.5. The number of carbonyl (C=O) groups is 1. The first kappa shape index (κ1) is 15.9. The third kappa shape index (κ3) is 3.17. The Morgan fingerprint density at radius 1 is 1.21 bits per heavy atom. The van der Waals surface area contributed by atoms with E-state index in [4.69, 9.17) is 9.47 Å². The zero-order chi connectivity index (χ0) is 17.1. The van der Waals surface area contributed by atoms with Crippen LogP contribution in [0.2, 0.25) is 0 Å². The Morgan fingerprint density at radius 2 is 2.00 bits per heavy atom. The van der Waals surface area contributed by atoms with E-state index in [1.165, 1.54) is 0 Å². The number of anilines is 1. The van der Waals surface area contributed by atoms with Crippen molar-refractivity contribution in [1.29, 1.82) is 0 Å². The van der Waals surface area contributed by atoms with Crippen molar-refractivity contribution in [3.8, 4) is 11.5 Å². The Labute approximate surface area is 140 Å². The van der Waals surface area contributed by atoms with Crippen LogP contribution >= 0.6 is 0 Å². The van der Waals surface area contributed by atoms with Crippen LogP contribution in [0.15, 0.2) is 42.7 Å². The number of imidazole rings is 1. The number of methoxy groups -OCH3 is 2. The highest BCUT2D eigenvalue weighted by molar-refractivity contribution is 5.92. The van der Waals surface area contributed by atoms with Gasteiger partial charge in [0.1, 0.15) is 5.65 Å². The van der Waals surface area contributed by atoms with E-state index in [1.54, 1.807) is 32.4 Å². The zero-order valence-electron chi connectivity index (χ0n) is 13.9. The highest BCUT2D eigenvalue weighted by Gasteiger charge is 2.11. The fourth-order valence-electron chi connectivity index (χ4n) is 2.57. The minimum atomic E-state index is -0.136. The topological polar surface area (TPSA) is 64.9 Å². The third-order valence-electron chi connectivity index (χ3n) is 3.74. The van der Waals surface area contributed by atoms with Gasteiger partial charge in [-0.15, -0.1) is 0 Å². The van der Waals surface area contributed by atoms with Crippen LogP contribution in [0.5, 0.6) is 11.5 Å². The van der Waals surface area contributed by atoms with Gasteiger partial charge in [-0.1, -0.05) is 6.07 Å². The number of nitrogens with zero attached hydrogens (tertiary/aromatic N) is 2. The number of rotatable bonds is 5. The molecule has 24 heavy (non-hydrogen) atoms. The number of pyridine rings is 1. The second kappa shape index (κ2) is 6.62. The van der Waals surface area contributed by atoms with Crippen molar-refractivity contribution >= 4 is 17.2 Å². The lowest BCUT2D eigenvalue weighted by Gasteiger charge is -2.10. The largest absolute Gasteiger partial charge is 0.493 e. The van der Waals surface area contributed by atoms with Crippen molar-refractivity contribution in [1.82, 2.24) is 9.38 Å². The molecular weight excluding hydrogens is 306 g/mol. The molecule has 0 spiro atoms. The summed E-state index contributed by atoms with van der Waals surface area (Å²) in [6.07, 6.45) is 4.00. The van der Waals surface area contributed by atoms with Crippen molar-refractivity contribution in [2.45, 2.75) is 13.3 Å². The smallest absolute Gasteiger partial charge is 0.230 e. The van der Waals surface area contributed by atoms with Crippen LogP contribution in [0, 0.1) is 6.92 Å². The van der Waals surface area contributed by atoms with E-state index < -0.39 is 0 Å². The van der Waals surface area contributed by atoms with Crippen LogP contribution in [-0.2, 0) is 11.2 Å². The van der Waals surface area contributed by atoms with Crippen molar-refractivity contribution in [3.05, 3.63) is 54.0 Å². The van der Waals surface area contributed by atoms with Gasteiger partial charge in [0, 0.05) is 24.1 Å². The molecule has 6 nitrogen and oxygen atoms in total. The lowest BCUT2D eigenvalue weighted by molar-refractivity contribution is -0.115. The number of carbonyl (C=O) groups excluding carboxylic acids is 1. The molecule has 0 atom stereocenters. The fourth-order valence-corrected chi connectivity index (χ4v) is 2.57. The second-order valence-electron chi connectivity index (χ2n) is 5.45. The molecule has 124 valence electrons. The summed E-state index contributed by atoms with van der Waals surface area (Å²) in [6.45, 7) is 2.00. The molecule has 0 radical (unpaired) electrons. The molecule has 1 aromatic carbocycles. The van der Waals surface area contributed by atoms with Crippen LogP contribution in [0.3, 0.4) is 0 Å². The summed E-state index contributed by atoms with van der Waals surface area (Å²) >= 11 is 0. The van der Waals surface area contributed by atoms with E-state index in [1.807, 2.05) is 35.9 Å². The Morgan fingerprint density at radius 3 is 2.71 bits per heavy atom. The van der Waals surface area contributed by atoms with Gasteiger partial charge in [0.2, 0.25) is 5.91 Å². The van der Waals surface area contributed by atoms with Gasteiger partial charge < -0.3 is 19.2 Å². The Hall–Kier alpha value is -3.02. The van der Waals surface area contributed by atoms with Crippen molar-refractivity contribution in [3.63, 3.8) is 0 Å². The molecule has 0 saturated heterocycles. The van der Waals surface area contributed by atoms with Gasteiger partial charge in [0.15, 0.2) is 11.5 Å². The van der Waals surface area contributed by atoms with E-state index in [-0.39, 0.29) is 12.3 Å². The summed E-state index contributed by atoms with van der Waals surface area (Å²) in [5, 5.41) is 2.85. The van der Waals surface area contributed by atoms with Gasteiger partial charge in [0.25, 0.3) is 0 Å². The average Bonchev–Trinajstić information content (AvgIpc) is 2.98. The van der Waals surface area contributed by atoms with Crippen molar-refractivity contribution < 1.29 is 14.3 Å². The van der Waals surface area contributed by atoms with E-state index >= 15 is 0 Å². The maximum atomic E-state index is 12.3. The first-order valence-corrected chi connectivity index (χ1v) is 7.56. The molecule has 0 saturated carbocycles. The predicted molar refractivity (Wildman–Crippen MR) is 91.8 cm³/mol. The molecule has 0 bridgehead atoms. The van der Waals surface area contributed by atoms with Crippen LogP contribution in [0.4, 0.5) is 5.69 Å². The molecule has 0 aliphatic rings. The number of nitrogens with one attached hydrogen (secondary N) is 1. The summed E-state index contributed by atoms with van der Waals surface area (Å²) in [6, 6.07) is 9.20. The van der Waals surface area contributed by atoms with E-state index in [2.05, 4.69) is 10.3 Å². The zero-order valence-corrected chi connectivity index (χ0v) is 13.9. The van der Waals surface area contributed by atoms with Crippen LogP contribution in [-0.4, -0.2) is 29.5 Å². The van der Waals surface area contributed by atoms with Gasteiger partial charge in [-0.2, -0.15) is 0 Å². The standard InChI is InChI=1S/C18H19N3O3/c1-12-5-4-8-21-11-14(20-18(12)21)10-17(22)19-13-6-7-15(23-2)16(9-13)24-3/h4-9,11H,10H2,1-3H3,(H,19,22). The van der Waals surface area contributed by atoms with Gasteiger partial charge >= 0.3 is 0 Å². The van der Waals surface area contributed by atoms with Crippen LogP contribution < -0.4 is 14.8 Å². The number of hydrogen-bond acceptors (Lipinski definition) is 4. The number of aromatic nitrogens is 2. The molecule has 3 rings (SSSR count). The number of amides is 1. The molecule has 6 heteroatoms. The molecular formula is C18H19N3O3. The lowest BCUT2D eigenvalue weighted by Crippen LogP contribution is -2.14. The number of fused-ring (bicyclic) bond motifs is 1. The first-order chi connectivity index (χ1) is 11.6. The van der Waals surface area contributed by atoms with Gasteiger partial charge in [0.05, 0.1) is 26.3 Å². The monoisotopic (exact) mass is 325 g/mol. The Balaban J connectivity index is 1.74. The maximum absolute atomic E-state index is 12.3. The molecule has 3 aromatic rings. The highest BCUT2D eigenvalue weighted by Crippen LogP contribution is 2.29. The van der Waals surface area contributed by atoms with Crippen LogP contribution in [0.25, 0.3) is 5.65 Å². The molecule has 2 heterocycles. The maximum Gasteiger partial charge on any atom is 0.230 e. The number of benzene rings is 1. The summed E-state index contributed by atoms with van der Waals surface area (Å²) in [4.78, 5) is 16.8. The fraction of sp³-hybridized carbons (Fsp3) is 0.222. The first-order valence-electron chi connectivity index (χ1n) is 7.56. The Kier molecular flexibility index (Phi) is 4.37. The number of hydrogen-bond donors (Lipinski definition) is 1. The second-order valence-corrected chi connectivity index (χ2v) is 5.45. The van der Waals surface area contributed by atoms with Crippen molar-refractivity contribution in [2.24, 2.45) is 0 Å². The number of ether oxygens (including phenoxy) is 2. The Bertz CT molecular complexity index is 886. The SMILES string of the molecule is COc1ccc(NC(=O)Cc2cn3cccc(C)c3n2)cc1OC. The summed E-state index contributed by atoms with van der Waals surface area (Å²) in [5.41, 5.74) is 3.32. The van der Waals surface area contributed by atoms with Gasteiger partial charge in [-0.25, -0.2) is 4.98 Å². The summed E-state index contributed by atoms with van der Waals surface area (Å²) < 4.78 is 12.3. The third-order valence-corrected chi connectivity index (χ3v) is 3.74. The quantitative estimate of drug-likeness (QED) is 0.783. The molecule has 0 unspecified atom stereocenters. The van der Waals surface area contributed by atoms with Crippen molar-refractivity contribution in [2.75, 3.05) is 19.5 Å². The van der Waals surface area contributed by atoms with E-state index in [0.29, 0.717) is 17.2 Å². The number of aryl methyl sites for hydroxylation is 1. The molecule has 0 aliphatic carbocycles. The normalized spacial score (nSPS) is 10.6. The van der Waals surface area contributed by atoms with Gasteiger partial charge in [-0.05, 0) is 30.7 Å². The molecule has 1 N–H and O–H groups in total. The van der Waals surface area contributed by atoms with Gasteiger partial charge in [-0.3, -0.25) is 4.79 Å². The lowest BCUT2D eigenvalue weighted by atomic mass is 10.2. The summed E-state index contributed by atoms with van der Waals surface area (Å²) in [7, 11) is 3.13. The molecule has 0 fully saturated rings. The summed E-state index contributed by atoms with van der Waals surface area (Å²) in [5.74, 6) is 1.05. The molecule has 2 aromatic heterocycles. The molecule has 1 amide bonds. The average molecular weight is 325 g/mol. The molecule has 0 aliphatic heterocycles. The van der Waals surface area contributed by atoms with E-state index in [9.17, 15) is 4.79 Å².